The SMILES string of the molecule is CC(C)Oc1ccc(/C=C2\Cc3c(O)cccc3C2=O)cc1. The van der Waals surface area contributed by atoms with Gasteiger partial charge >= 0.3 is 0 Å². The second-order valence-electron chi connectivity index (χ2n) is 5.71. The lowest BCUT2D eigenvalue weighted by molar-refractivity contribution is 0.104. The molecule has 0 saturated heterocycles. The van der Waals surface area contributed by atoms with Gasteiger partial charge in [-0.15, -0.1) is 0 Å². The van der Waals surface area contributed by atoms with Crippen LogP contribution < -0.4 is 4.74 Å². The predicted octanol–water partition coefficient (Wildman–Crippen LogP) is 4.00. The highest BCUT2D eigenvalue weighted by Gasteiger charge is 2.26. The number of ketones is 1. The first-order valence-electron chi connectivity index (χ1n) is 7.37. The van der Waals surface area contributed by atoms with Crippen molar-refractivity contribution in [1.29, 1.82) is 0 Å². The summed E-state index contributed by atoms with van der Waals surface area (Å²) < 4.78 is 5.61. The van der Waals surface area contributed by atoms with Crippen molar-refractivity contribution < 1.29 is 14.6 Å². The van der Waals surface area contributed by atoms with E-state index in [9.17, 15) is 9.90 Å². The summed E-state index contributed by atoms with van der Waals surface area (Å²) in [6.45, 7) is 3.97. The summed E-state index contributed by atoms with van der Waals surface area (Å²) >= 11 is 0. The minimum atomic E-state index is -0.00610. The Balaban J connectivity index is 1.85. The van der Waals surface area contributed by atoms with E-state index >= 15 is 0 Å². The van der Waals surface area contributed by atoms with Crippen LogP contribution in [0.2, 0.25) is 0 Å². The maximum atomic E-state index is 12.4. The van der Waals surface area contributed by atoms with Gasteiger partial charge in [-0.3, -0.25) is 4.79 Å². The quantitative estimate of drug-likeness (QED) is 0.870. The Bertz CT molecular complexity index is 740. The van der Waals surface area contributed by atoms with E-state index in [1.807, 2.05) is 44.2 Å². The first kappa shape index (κ1) is 14.4. The molecule has 0 unspecified atom stereocenters. The summed E-state index contributed by atoms with van der Waals surface area (Å²) in [6, 6.07) is 12.7. The smallest absolute Gasteiger partial charge is 0.189 e. The second kappa shape index (κ2) is 5.68. The Hall–Kier alpha value is -2.55. The number of allylic oxidation sites excluding steroid dienone is 1. The lowest BCUT2D eigenvalue weighted by Crippen LogP contribution is -2.05. The number of hydrogen-bond donors (Lipinski definition) is 1. The zero-order valence-electron chi connectivity index (χ0n) is 12.7. The standard InChI is InChI=1S/C19H18O3/c1-12(2)22-15-8-6-13(7-9-15)10-14-11-17-16(19(14)21)4-3-5-18(17)20/h3-10,12,20H,11H2,1-2H3/b14-10+. The van der Waals surface area contributed by atoms with Gasteiger partial charge in [-0.05, 0) is 43.7 Å². The zero-order chi connectivity index (χ0) is 15.7. The van der Waals surface area contributed by atoms with E-state index in [1.165, 1.54) is 0 Å². The van der Waals surface area contributed by atoms with Crippen molar-refractivity contribution in [2.75, 3.05) is 0 Å². The van der Waals surface area contributed by atoms with Crippen LogP contribution in [-0.4, -0.2) is 17.0 Å². The van der Waals surface area contributed by atoms with E-state index in [2.05, 4.69) is 0 Å². The molecular weight excluding hydrogens is 276 g/mol. The molecule has 0 aliphatic heterocycles. The van der Waals surface area contributed by atoms with Crippen molar-refractivity contribution in [3.8, 4) is 11.5 Å². The molecule has 0 radical (unpaired) electrons. The van der Waals surface area contributed by atoms with E-state index < -0.39 is 0 Å². The van der Waals surface area contributed by atoms with Crippen LogP contribution in [0.1, 0.15) is 35.3 Å². The van der Waals surface area contributed by atoms with Crippen molar-refractivity contribution >= 4 is 11.9 Å². The number of phenolic OH excluding ortho intramolecular Hbond substituents is 1. The van der Waals surface area contributed by atoms with Gasteiger partial charge in [0.1, 0.15) is 11.5 Å². The largest absolute Gasteiger partial charge is 0.508 e. The molecule has 112 valence electrons. The fraction of sp³-hybridized carbons (Fsp3) is 0.211. The van der Waals surface area contributed by atoms with E-state index in [4.69, 9.17) is 4.74 Å². The molecule has 2 aromatic carbocycles. The van der Waals surface area contributed by atoms with E-state index in [-0.39, 0.29) is 17.6 Å². The molecule has 0 fully saturated rings. The Morgan fingerprint density at radius 2 is 1.86 bits per heavy atom. The molecule has 0 saturated carbocycles. The van der Waals surface area contributed by atoms with Gasteiger partial charge in [0.15, 0.2) is 5.78 Å². The average molecular weight is 294 g/mol. The van der Waals surface area contributed by atoms with Gasteiger partial charge in [-0.2, -0.15) is 0 Å². The van der Waals surface area contributed by atoms with E-state index in [1.54, 1.807) is 18.2 Å². The molecule has 1 aliphatic rings. The molecule has 0 spiro atoms. The van der Waals surface area contributed by atoms with Crippen LogP contribution in [-0.2, 0) is 6.42 Å². The fourth-order valence-electron chi connectivity index (χ4n) is 2.65. The first-order valence-corrected chi connectivity index (χ1v) is 7.37. The molecule has 0 atom stereocenters. The van der Waals surface area contributed by atoms with Crippen LogP contribution in [0, 0.1) is 0 Å². The normalized spacial score (nSPS) is 15.4. The highest BCUT2D eigenvalue weighted by molar-refractivity contribution is 6.16. The minimum absolute atomic E-state index is 0.00610. The third-order valence-corrected chi connectivity index (χ3v) is 3.65. The van der Waals surface area contributed by atoms with Gasteiger partial charge in [0, 0.05) is 23.1 Å². The number of phenols is 1. The summed E-state index contributed by atoms with van der Waals surface area (Å²) in [4.78, 5) is 12.4. The molecule has 0 bridgehead atoms. The molecule has 0 aromatic heterocycles. The van der Waals surface area contributed by atoms with Crippen molar-refractivity contribution in [3.05, 3.63) is 64.7 Å². The third kappa shape index (κ3) is 2.75. The van der Waals surface area contributed by atoms with Gasteiger partial charge in [0.2, 0.25) is 0 Å². The van der Waals surface area contributed by atoms with Crippen molar-refractivity contribution in [3.63, 3.8) is 0 Å². The van der Waals surface area contributed by atoms with Gasteiger partial charge in [-0.1, -0.05) is 24.3 Å². The number of benzene rings is 2. The van der Waals surface area contributed by atoms with Crippen LogP contribution in [0.25, 0.3) is 6.08 Å². The molecule has 3 nitrogen and oxygen atoms in total. The minimum Gasteiger partial charge on any atom is -0.508 e. The molecule has 22 heavy (non-hydrogen) atoms. The molecule has 3 rings (SSSR count). The van der Waals surface area contributed by atoms with Gasteiger partial charge in [-0.25, -0.2) is 0 Å². The summed E-state index contributed by atoms with van der Waals surface area (Å²) in [5.41, 5.74) is 2.98. The Kier molecular flexibility index (Phi) is 3.72. The first-order chi connectivity index (χ1) is 10.5. The molecule has 0 heterocycles. The van der Waals surface area contributed by atoms with Crippen LogP contribution >= 0.6 is 0 Å². The number of aromatic hydroxyl groups is 1. The fourth-order valence-corrected chi connectivity index (χ4v) is 2.65. The lowest BCUT2D eigenvalue weighted by atomic mass is 10.1. The van der Waals surface area contributed by atoms with Crippen LogP contribution in [0.15, 0.2) is 48.0 Å². The number of Topliss-reactive ketones (excluding diaryl/α,β-unsaturated/α-hetero) is 1. The molecule has 2 aromatic rings. The number of carbonyl (C=O) groups excluding carboxylic acids is 1. The lowest BCUT2D eigenvalue weighted by Gasteiger charge is -2.09. The highest BCUT2D eigenvalue weighted by atomic mass is 16.5. The van der Waals surface area contributed by atoms with Gasteiger partial charge in [0.05, 0.1) is 6.10 Å². The maximum absolute atomic E-state index is 12.4. The number of ether oxygens (including phenoxy) is 1. The molecular formula is C19H18O3. The van der Waals surface area contributed by atoms with Crippen LogP contribution in [0.5, 0.6) is 11.5 Å². The Labute approximate surface area is 129 Å². The molecule has 0 amide bonds. The van der Waals surface area contributed by atoms with Crippen molar-refractivity contribution in [2.24, 2.45) is 0 Å². The summed E-state index contributed by atoms with van der Waals surface area (Å²) in [5.74, 6) is 0.999. The van der Waals surface area contributed by atoms with Crippen LogP contribution in [0.4, 0.5) is 0 Å². The molecule has 1 N–H and O–H groups in total. The topological polar surface area (TPSA) is 46.5 Å². The predicted molar refractivity (Wildman–Crippen MR) is 86.3 cm³/mol. The van der Waals surface area contributed by atoms with Gasteiger partial charge < -0.3 is 9.84 Å². The number of hydrogen-bond acceptors (Lipinski definition) is 3. The zero-order valence-corrected chi connectivity index (χ0v) is 12.7. The highest BCUT2D eigenvalue weighted by Crippen LogP contribution is 2.33. The second-order valence-corrected chi connectivity index (χ2v) is 5.71. The number of carbonyl (C=O) groups is 1. The van der Waals surface area contributed by atoms with Gasteiger partial charge in [0.25, 0.3) is 0 Å². The third-order valence-electron chi connectivity index (χ3n) is 3.65. The number of rotatable bonds is 3. The Morgan fingerprint density at radius 3 is 2.50 bits per heavy atom. The summed E-state index contributed by atoms with van der Waals surface area (Å²) in [7, 11) is 0. The molecule has 3 heteroatoms. The number of fused-ring (bicyclic) bond motifs is 1. The van der Waals surface area contributed by atoms with Crippen LogP contribution in [0.3, 0.4) is 0 Å². The summed E-state index contributed by atoms with van der Waals surface area (Å²) in [6.07, 6.45) is 2.49. The van der Waals surface area contributed by atoms with Crippen molar-refractivity contribution in [1.82, 2.24) is 0 Å². The summed E-state index contributed by atoms with van der Waals surface area (Å²) in [5, 5.41) is 9.86. The maximum Gasteiger partial charge on any atom is 0.189 e. The average Bonchev–Trinajstić information content (AvgIpc) is 2.79. The monoisotopic (exact) mass is 294 g/mol. The van der Waals surface area contributed by atoms with Crippen molar-refractivity contribution in [2.45, 2.75) is 26.4 Å². The van der Waals surface area contributed by atoms with E-state index in [0.717, 1.165) is 16.9 Å². The Morgan fingerprint density at radius 1 is 1.14 bits per heavy atom. The molecule has 1 aliphatic carbocycles. The van der Waals surface area contributed by atoms with E-state index in [0.29, 0.717) is 17.6 Å².